The van der Waals surface area contributed by atoms with Crippen molar-refractivity contribution >= 4 is 11.6 Å². The molecule has 1 aliphatic heterocycles. The van der Waals surface area contributed by atoms with E-state index in [1.54, 1.807) is 36.2 Å². The summed E-state index contributed by atoms with van der Waals surface area (Å²) in [7, 11) is 1.76. The van der Waals surface area contributed by atoms with Crippen molar-refractivity contribution in [1.29, 1.82) is 0 Å². The number of nitrogens with zero attached hydrogens (tertiary/aromatic N) is 1. The first-order valence-electron chi connectivity index (χ1n) is 6.84. The Balaban J connectivity index is 1.83. The maximum Gasteiger partial charge on any atom is 0.226 e. The molecule has 1 atom stereocenters. The van der Waals surface area contributed by atoms with Gasteiger partial charge in [0.25, 0.3) is 0 Å². The number of rotatable bonds is 4. The molecule has 19 heavy (non-hydrogen) atoms. The van der Waals surface area contributed by atoms with E-state index in [2.05, 4.69) is 0 Å². The quantitative estimate of drug-likeness (QED) is 0.908. The summed E-state index contributed by atoms with van der Waals surface area (Å²) in [6.45, 7) is 0.826. The van der Waals surface area contributed by atoms with Crippen LogP contribution in [0.5, 0.6) is 5.75 Å². The van der Waals surface area contributed by atoms with Crippen LogP contribution in [0.15, 0.2) is 24.3 Å². The molecule has 0 saturated carbocycles. The summed E-state index contributed by atoms with van der Waals surface area (Å²) in [6.07, 6.45) is 4.94. The standard InChI is InChI=1S/C15H21NO3/c1-16(12-5-7-13(17)8-6-12)15(18)10-9-14-4-2-3-11-19-14/h5-8,14,17H,2-4,9-11H2,1H3. The van der Waals surface area contributed by atoms with Gasteiger partial charge in [0, 0.05) is 25.8 Å². The molecule has 1 aromatic carbocycles. The Morgan fingerprint density at radius 1 is 1.37 bits per heavy atom. The van der Waals surface area contributed by atoms with Gasteiger partial charge >= 0.3 is 0 Å². The third-order valence-electron chi connectivity index (χ3n) is 3.57. The van der Waals surface area contributed by atoms with E-state index in [0.717, 1.165) is 31.6 Å². The van der Waals surface area contributed by atoms with E-state index in [0.29, 0.717) is 6.42 Å². The molecular formula is C15H21NO3. The molecule has 1 aromatic rings. The number of ether oxygens (including phenoxy) is 1. The van der Waals surface area contributed by atoms with E-state index in [-0.39, 0.29) is 17.8 Å². The smallest absolute Gasteiger partial charge is 0.226 e. The van der Waals surface area contributed by atoms with Crippen molar-refractivity contribution in [2.45, 2.75) is 38.2 Å². The zero-order chi connectivity index (χ0) is 13.7. The molecule has 4 nitrogen and oxygen atoms in total. The van der Waals surface area contributed by atoms with Gasteiger partial charge in [0.2, 0.25) is 5.91 Å². The van der Waals surface area contributed by atoms with Crippen LogP contribution in [0, 0.1) is 0 Å². The first-order valence-corrected chi connectivity index (χ1v) is 6.84. The van der Waals surface area contributed by atoms with Crippen LogP contribution in [-0.4, -0.2) is 30.8 Å². The zero-order valence-corrected chi connectivity index (χ0v) is 11.3. The minimum atomic E-state index is 0.0832. The first-order chi connectivity index (χ1) is 9.16. The maximum absolute atomic E-state index is 12.1. The van der Waals surface area contributed by atoms with E-state index >= 15 is 0 Å². The third kappa shape index (κ3) is 3.96. The highest BCUT2D eigenvalue weighted by Crippen LogP contribution is 2.20. The van der Waals surface area contributed by atoms with Gasteiger partial charge in [0.15, 0.2) is 0 Å². The van der Waals surface area contributed by atoms with Crippen LogP contribution in [0.1, 0.15) is 32.1 Å². The summed E-state index contributed by atoms with van der Waals surface area (Å²) in [5.74, 6) is 0.292. The van der Waals surface area contributed by atoms with Crippen LogP contribution in [-0.2, 0) is 9.53 Å². The summed E-state index contributed by atoms with van der Waals surface area (Å²) in [6, 6.07) is 6.65. The molecule has 2 rings (SSSR count). The number of benzene rings is 1. The molecular weight excluding hydrogens is 242 g/mol. The molecule has 1 saturated heterocycles. The average Bonchev–Trinajstić information content (AvgIpc) is 2.46. The number of phenols is 1. The van der Waals surface area contributed by atoms with Crippen molar-refractivity contribution in [3.63, 3.8) is 0 Å². The van der Waals surface area contributed by atoms with Crippen LogP contribution >= 0.6 is 0 Å². The maximum atomic E-state index is 12.1. The predicted octanol–water partition coefficient (Wildman–Crippen LogP) is 2.70. The molecule has 1 aliphatic rings. The Labute approximate surface area is 114 Å². The summed E-state index contributed by atoms with van der Waals surface area (Å²) < 4.78 is 5.63. The highest BCUT2D eigenvalue weighted by molar-refractivity contribution is 5.92. The molecule has 1 N–H and O–H groups in total. The molecule has 0 bridgehead atoms. The molecule has 0 aromatic heterocycles. The molecule has 0 spiro atoms. The van der Waals surface area contributed by atoms with Crippen molar-refractivity contribution in [2.24, 2.45) is 0 Å². The number of phenolic OH excluding ortho intramolecular Hbond substituents is 1. The molecule has 0 aliphatic carbocycles. The van der Waals surface area contributed by atoms with E-state index in [1.807, 2.05) is 0 Å². The van der Waals surface area contributed by atoms with E-state index in [1.165, 1.54) is 6.42 Å². The lowest BCUT2D eigenvalue weighted by Crippen LogP contribution is -2.28. The van der Waals surface area contributed by atoms with E-state index < -0.39 is 0 Å². The first kappa shape index (κ1) is 13.9. The van der Waals surface area contributed by atoms with Gasteiger partial charge < -0.3 is 14.7 Å². The highest BCUT2D eigenvalue weighted by atomic mass is 16.5. The SMILES string of the molecule is CN(C(=O)CCC1CCCCO1)c1ccc(O)cc1. The second-order valence-electron chi connectivity index (χ2n) is 5.00. The van der Waals surface area contributed by atoms with Gasteiger partial charge in [-0.15, -0.1) is 0 Å². The van der Waals surface area contributed by atoms with E-state index in [9.17, 15) is 9.90 Å². The fourth-order valence-electron chi connectivity index (χ4n) is 2.31. The zero-order valence-electron chi connectivity index (χ0n) is 11.3. The van der Waals surface area contributed by atoms with Crippen molar-refractivity contribution in [2.75, 3.05) is 18.6 Å². The number of hydrogen-bond acceptors (Lipinski definition) is 3. The van der Waals surface area contributed by atoms with Crippen molar-refractivity contribution in [3.8, 4) is 5.75 Å². The summed E-state index contributed by atoms with van der Waals surface area (Å²) in [5.41, 5.74) is 0.798. The molecule has 4 heteroatoms. The van der Waals surface area contributed by atoms with Crippen LogP contribution in [0.4, 0.5) is 5.69 Å². The lowest BCUT2D eigenvalue weighted by Gasteiger charge is -2.23. The van der Waals surface area contributed by atoms with Gasteiger partial charge in [-0.2, -0.15) is 0 Å². The average molecular weight is 263 g/mol. The molecule has 1 fully saturated rings. The van der Waals surface area contributed by atoms with Crippen molar-refractivity contribution in [1.82, 2.24) is 0 Å². The van der Waals surface area contributed by atoms with Gasteiger partial charge in [0.05, 0.1) is 6.10 Å². The summed E-state index contributed by atoms with van der Waals surface area (Å²) >= 11 is 0. The Bertz CT molecular complexity index is 410. The Hall–Kier alpha value is -1.55. The fourth-order valence-corrected chi connectivity index (χ4v) is 2.31. The van der Waals surface area contributed by atoms with Gasteiger partial charge in [-0.25, -0.2) is 0 Å². The van der Waals surface area contributed by atoms with Crippen molar-refractivity contribution < 1.29 is 14.6 Å². The molecule has 1 unspecified atom stereocenters. The molecule has 104 valence electrons. The van der Waals surface area contributed by atoms with E-state index in [4.69, 9.17) is 4.74 Å². The molecule has 1 heterocycles. The van der Waals surface area contributed by atoms with Crippen LogP contribution in [0.25, 0.3) is 0 Å². The number of amides is 1. The topological polar surface area (TPSA) is 49.8 Å². The number of aromatic hydroxyl groups is 1. The predicted molar refractivity (Wildman–Crippen MR) is 74.3 cm³/mol. The van der Waals surface area contributed by atoms with Crippen molar-refractivity contribution in [3.05, 3.63) is 24.3 Å². The second kappa shape index (κ2) is 6.57. The molecule has 1 amide bonds. The lowest BCUT2D eigenvalue weighted by atomic mass is 10.0. The van der Waals surface area contributed by atoms with Crippen LogP contribution in [0.2, 0.25) is 0 Å². The monoisotopic (exact) mass is 263 g/mol. The number of anilines is 1. The summed E-state index contributed by atoms with van der Waals surface area (Å²) in [4.78, 5) is 13.7. The van der Waals surface area contributed by atoms with Gasteiger partial charge in [-0.1, -0.05) is 0 Å². The summed E-state index contributed by atoms with van der Waals surface area (Å²) in [5, 5.41) is 9.23. The minimum absolute atomic E-state index is 0.0832. The van der Waals surface area contributed by atoms with Gasteiger partial charge in [-0.05, 0) is 49.9 Å². The van der Waals surface area contributed by atoms with Crippen LogP contribution in [0.3, 0.4) is 0 Å². The van der Waals surface area contributed by atoms with Gasteiger partial charge in [0.1, 0.15) is 5.75 Å². The largest absolute Gasteiger partial charge is 0.508 e. The Morgan fingerprint density at radius 2 is 2.11 bits per heavy atom. The number of carbonyl (C=O) groups is 1. The lowest BCUT2D eigenvalue weighted by molar-refractivity contribution is -0.119. The van der Waals surface area contributed by atoms with Gasteiger partial charge in [-0.3, -0.25) is 4.79 Å². The normalized spacial score (nSPS) is 19.1. The third-order valence-corrected chi connectivity index (χ3v) is 3.57. The number of hydrogen-bond donors (Lipinski definition) is 1. The second-order valence-corrected chi connectivity index (χ2v) is 5.00. The minimum Gasteiger partial charge on any atom is -0.508 e. The Kier molecular flexibility index (Phi) is 4.80. The Morgan fingerprint density at radius 3 is 2.74 bits per heavy atom. The highest BCUT2D eigenvalue weighted by Gasteiger charge is 2.17. The molecule has 0 radical (unpaired) electrons. The number of carbonyl (C=O) groups excluding carboxylic acids is 1. The van der Waals surface area contributed by atoms with Crippen LogP contribution < -0.4 is 4.90 Å². The fraction of sp³-hybridized carbons (Fsp3) is 0.533.